The smallest absolute Gasteiger partial charge is 0.225 e. The van der Waals surface area contributed by atoms with Gasteiger partial charge in [-0.3, -0.25) is 9.48 Å². The predicted octanol–water partition coefficient (Wildman–Crippen LogP) is 1.91. The molecule has 0 unspecified atom stereocenters. The van der Waals surface area contributed by atoms with Gasteiger partial charge in [0.15, 0.2) is 0 Å². The van der Waals surface area contributed by atoms with E-state index in [1.807, 2.05) is 63.4 Å². The number of carbonyl (C=O) groups excluding carboxylic acids is 1. The second kappa shape index (κ2) is 6.82. The first-order valence-corrected chi connectivity index (χ1v) is 8.69. The Bertz CT molecular complexity index is 767. The first kappa shape index (κ1) is 17.4. The summed E-state index contributed by atoms with van der Waals surface area (Å²) >= 11 is 0. The number of carbonyl (C=O) groups is 1. The van der Waals surface area contributed by atoms with Crippen LogP contribution in [0.15, 0.2) is 18.6 Å². The van der Waals surface area contributed by atoms with Gasteiger partial charge in [0, 0.05) is 69.6 Å². The molecule has 1 atom stereocenters. The maximum atomic E-state index is 12.3. The van der Waals surface area contributed by atoms with Gasteiger partial charge in [-0.15, -0.1) is 0 Å². The van der Waals surface area contributed by atoms with Gasteiger partial charge >= 0.3 is 0 Å². The highest BCUT2D eigenvalue weighted by molar-refractivity contribution is 5.78. The van der Waals surface area contributed by atoms with Crippen LogP contribution in [0.2, 0.25) is 0 Å². The van der Waals surface area contributed by atoms with E-state index in [4.69, 9.17) is 4.98 Å². The lowest BCUT2D eigenvalue weighted by Gasteiger charge is -2.20. The van der Waals surface area contributed by atoms with Crippen LogP contribution in [0.3, 0.4) is 0 Å². The summed E-state index contributed by atoms with van der Waals surface area (Å²) in [5.41, 5.74) is 3.02. The first-order chi connectivity index (χ1) is 11.9. The van der Waals surface area contributed by atoms with Gasteiger partial charge in [-0.25, -0.2) is 9.97 Å². The highest BCUT2D eigenvalue weighted by atomic mass is 16.2. The Hall–Kier alpha value is -2.44. The van der Waals surface area contributed by atoms with Crippen LogP contribution in [0.4, 0.5) is 5.95 Å². The van der Waals surface area contributed by atoms with Crippen LogP contribution < -0.4 is 4.90 Å². The molecule has 3 heterocycles. The molecule has 0 aromatic carbocycles. The van der Waals surface area contributed by atoms with Crippen LogP contribution in [0.1, 0.15) is 31.9 Å². The molecule has 1 aliphatic rings. The zero-order valence-electron chi connectivity index (χ0n) is 15.6. The predicted molar refractivity (Wildman–Crippen MR) is 97.3 cm³/mol. The molecule has 0 N–H and O–H groups in total. The molecule has 0 aliphatic carbocycles. The lowest BCUT2D eigenvalue weighted by Crippen LogP contribution is -2.32. The zero-order valence-corrected chi connectivity index (χ0v) is 15.6. The number of hydrogen-bond acceptors (Lipinski definition) is 5. The van der Waals surface area contributed by atoms with Crippen molar-refractivity contribution in [2.24, 2.45) is 13.0 Å². The largest absolute Gasteiger partial charge is 0.347 e. The average Bonchev–Trinajstić information content (AvgIpc) is 3.22. The third kappa shape index (κ3) is 3.50. The van der Waals surface area contributed by atoms with Crippen LogP contribution >= 0.6 is 0 Å². The van der Waals surface area contributed by atoms with Crippen molar-refractivity contribution in [2.75, 3.05) is 32.1 Å². The molecule has 2 aromatic heterocycles. The minimum atomic E-state index is 0.0271. The van der Waals surface area contributed by atoms with E-state index in [9.17, 15) is 4.79 Å². The third-order valence-corrected chi connectivity index (χ3v) is 4.60. The Kier molecular flexibility index (Phi) is 4.74. The van der Waals surface area contributed by atoms with Crippen LogP contribution in [-0.4, -0.2) is 57.7 Å². The molecule has 134 valence electrons. The van der Waals surface area contributed by atoms with E-state index in [-0.39, 0.29) is 17.7 Å². The normalized spacial score (nSPS) is 17.4. The number of hydrogen-bond donors (Lipinski definition) is 0. The van der Waals surface area contributed by atoms with Crippen molar-refractivity contribution in [2.45, 2.75) is 26.2 Å². The molecular weight excluding hydrogens is 316 g/mol. The van der Waals surface area contributed by atoms with E-state index in [0.717, 1.165) is 29.8 Å². The summed E-state index contributed by atoms with van der Waals surface area (Å²) < 4.78 is 1.78. The Labute approximate surface area is 148 Å². The number of nitrogens with zero attached hydrogens (tertiary/aromatic N) is 6. The number of rotatable bonds is 4. The maximum Gasteiger partial charge on any atom is 0.225 e. The third-order valence-electron chi connectivity index (χ3n) is 4.60. The van der Waals surface area contributed by atoms with Gasteiger partial charge in [-0.05, 0) is 6.42 Å². The van der Waals surface area contributed by atoms with Crippen molar-refractivity contribution in [3.05, 3.63) is 24.3 Å². The van der Waals surface area contributed by atoms with Crippen molar-refractivity contribution < 1.29 is 4.79 Å². The van der Waals surface area contributed by atoms with E-state index >= 15 is 0 Å². The molecule has 3 rings (SSSR count). The number of anilines is 1. The number of likely N-dealkylation sites (tertiary alicyclic amines) is 1. The van der Waals surface area contributed by atoms with Gasteiger partial charge in [0.25, 0.3) is 0 Å². The summed E-state index contributed by atoms with van der Waals surface area (Å²) in [7, 11) is 5.77. The number of aromatic nitrogens is 4. The summed E-state index contributed by atoms with van der Waals surface area (Å²) in [6.45, 7) is 5.40. The maximum absolute atomic E-state index is 12.3. The Morgan fingerprint density at radius 2 is 2.08 bits per heavy atom. The SMILES string of the molecule is CC(C)C(=O)N1CC[C@@H](c2nc(N(C)C)ncc2-c2cnn(C)c2)C1. The van der Waals surface area contributed by atoms with Crippen LogP contribution in [0.25, 0.3) is 11.1 Å². The molecule has 0 saturated carbocycles. The number of amides is 1. The van der Waals surface area contributed by atoms with Gasteiger partial charge in [0.05, 0.1) is 11.9 Å². The van der Waals surface area contributed by atoms with Gasteiger partial charge in [0.2, 0.25) is 11.9 Å². The van der Waals surface area contributed by atoms with Gasteiger partial charge in [-0.2, -0.15) is 5.10 Å². The number of aryl methyl sites for hydroxylation is 1. The quantitative estimate of drug-likeness (QED) is 0.849. The van der Waals surface area contributed by atoms with Crippen LogP contribution in [-0.2, 0) is 11.8 Å². The summed E-state index contributed by atoms with van der Waals surface area (Å²) in [4.78, 5) is 25.5. The van der Waals surface area contributed by atoms with E-state index in [0.29, 0.717) is 12.5 Å². The van der Waals surface area contributed by atoms with Crippen LogP contribution in [0, 0.1) is 5.92 Å². The summed E-state index contributed by atoms with van der Waals surface area (Å²) in [6, 6.07) is 0. The monoisotopic (exact) mass is 342 g/mol. The van der Waals surface area contributed by atoms with Gasteiger partial charge < -0.3 is 9.80 Å². The second-order valence-corrected chi connectivity index (χ2v) is 7.19. The molecule has 25 heavy (non-hydrogen) atoms. The molecule has 0 bridgehead atoms. The lowest BCUT2D eigenvalue weighted by molar-refractivity contribution is -0.133. The molecule has 7 heteroatoms. The molecule has 1 fully saturated rings. The Morgan fingerprint density at radius 3 is 2.68 bits per heavy atom. The van der Waals surface area contributed by atoms with Crippen LogP contribution in [0.5, 0.6) is 0 Å². The second-order valence-electron chi connectivity index (χ2n) is 7.19. The molecule has 1 saturated heterocycles. The van der Waals surface area contributed by atoms with E-state index < -0.39 is 0 Å². The van der Waals surface area contributed by atoms with Crippen molar-refractivity contribution in [3.63, 3.8) is 0 Å². The first-order valence-electron chi connectivity index (χ1n) is 8.69. The Balaban J connectivity index is 1.96. The fourth-order valence-corrected chi connectivity index (χ4v) is 3.24. The fraction of sp³-hybridized carbons (Fsp3) is 0.556. The fourth-order valence-electron chi connectivity index (χ4n) is 3.24. The summed E-state index contributed by atoms with van der Waals surface area (Å²) in [6.07, 6.45) is 6.62. The zero-order chi connectivity index (χ0) is 18.1. The highest BCUT2D eigenvalue weighted by Crippen LogP contribution is 2.34. The molecular formula is C18H26N6O. The van der Waals surface area contributed by atoms with Gasteiger partial charge in [0.1, 0.15) is 0 Å². The summed E-state index contributed by atoms with van der Waals surface area (Å²) in [5, 5.41) is 4.27. The van der Waals surface area contributed by atoms with E-state index in [2.05, 4.69) is 10.1 Å². The van der Waals surface area contributed by atoms with Crippen molar-refractivity contribution in [1.82, 2.24) is 24.6 Å². The van der Waals surface area contributed by atoms with E-state index in [1.54, 1.807) is 4.68 Å². The standard InChI is InChI=1S/C18H26N6O/c1-12(2)17(25)24-7-6-13(11-24)16-15(14-8-20-23(5)10-14)9-19-18(21-16)22(3)4/h8-10,12-13H,6-7,11H2,1-5H3/t13-/m1/s1. The minimum Gasteiger partial charge on any atom is -0.347 e. The Morgan fingerprint density at radius 1 is 1.32 bits per heavy atom. The topological polar surface area (TPSA) is 67.2 Å². The average molecular weight is 342 g/mol. The minimum absolute atomic E-state index is 0.0271. The van der Waals surface area contributed by atoms with Crippen molar-refractivity contribution in [1.29, 1.82) is 0 Å². The molecule has 0 radical (unpaired) electrons. The lowest BCUT2D eigenvalue weighted by atomic mass is 9.97. The van der Waals surface area contributed by atoms with E-state index in [1.165, 1.54) is 0 Å². The molecule has 1 aliphatic heterocycles. The van der Waals surface area contributed by atoms with Gasteiger partial charge in [-0.1, -0.05) is 13.8 Å². The van der Waals surface area contributed by atoms with Crippen molar-refractivity contribution >= 4 is 11.9 Å². The highest BCUT2D eigenvalue weighted by Gasteiger charge is 2.31. The molecule has 0 spiro atoms. The molecule has 7 nitrogen and oxygen atoms in total. The molecule has 1 amide bonds. The summed E-state index contributed by atoms with van der Waals surface area (Å²) in [5.74, 6) is 1.16. The molecule has 2 aromatic rings. The van der Waals surface area contributed by atoms with Crippen molar-refractivity contribution in [3.8, 4) is 11.1 Å².